The average molecular weight is 639 g/mol. The number of nitrogens with two attached hydrogens (primary N) is 3. The fraction of sp³-hybridized carbons (Fsp3) is 0.962. The topological polar surface area (TPSA) is 321 Å². The van der Waals surface area contributed by atoms with Crippen molar-refractivity contribution in [2.24, 2.45) is 23.1 Å². The molecule has 4 aliphatic rings. The Morgan fingerprint density at radius 3 is 2.32 bits per heavy atom. The minimum Gasteiger partial charge on any atom is -0.395 e. The summed E-state index contributed by atoms with van der Waals surface area (Å²) in [5.74, 6) is -1.94. The molecule has 18 heteroatoms. The Hall–Kier alpha value is -1.17. The summed E-state index contributed by atoms with van der Waals surface area (Å²) in [5.41, 5.74) is 14.7. The SMILES string of the molecule is CN[C@@H]1[C@@H](O)[C@@H](O[C@H]2[C@H](NC(=O)C3(O)CC3N)C[C@H](N)C([C@H]3O[C@H](CNCC(N)CO)[C@@H](O)[C@H](O)[C@H]3O)[C@@H]2O)OC[C@]1(C)O. The van der Waals surface area contributed by atoms with Gasteiger partial charge in [-0.3, -0.25) is 4.79 Å². The van der Waals surface area contributed by atoms with E-state index in [1.165, 1.54) is 14.0 Å². The van der Waals surface area contributed by atoms with Crippen molar-refractivity contribution in [3.8, 4) is 0 Å². The first-order valence-corrected chi connectivity index (χ1v) is 14.9. The maximum atomic E-state index is 12.9. The van der Waals surface area contributed by atoms with Gasteiger partial charge in [0.05, 0.1) is 43.6 Å². The first-order chi connectivity index (χ1) is 20.6. The summed E-state index contributed by atoms with van der Waals surface area (Å²) in [6.45, 7) is 1.06. The van der Waals surface area contributed by atoms with Crippen LogP contribution in [0.1, 0.15) is 19.8 Å². The molecular weight excluding hydrogens is 588 g/mol. The van der Waals surface area contributed by atoms with Gasteiger partial charge in [0.2, 0.25) is 0 Å². The van der Waals surface area contributed by atoms with Gasteiger partial charge in [0.1, 0.15) is 36.1 Å². The summed E-state index contributed by atoms with van der Waals surface area (Å²) in [6, 6.07) is -4.28. The van der Waals surface area contributed by atoms with E-state index in [-0.39, 0.29) is 39.1 Å². The molecular formula is C26H50N6O12. The number of aliphatic hydroxyl groups is 8. The molecule has 4 fully saturated rings. The van der Waals surface area contributed by atoms with Crippen molar-refractivity contribution in [3.05, 3.63) is 0 Å². The highest BCUT2D eigenvalue weighted by molar-refractivity contribution is 5.89. The van der Waals surface area contributed by atoms with Gasteiger partial charge in [-0.05, 0) is 20.4 Å². The Bertz CT molecular complexity index is 986. The molecule has 0 aromatic heterocycles. The molecule has 2 aliphatic carbocycles. The smallest absolute Gasteiger partial charge is 0.253 e. The number of aliphatic hydroxyl groups excluding tert-OH is 6. The summed E-state index contributed by atoms with van der Waals surface area (Å²) in [6.07, 6.45) is -13.1. The van der Waals surface area contributed by atoms with Gasteiger partial charge in [-0.25, -0.2) is 0 Å². The molecule has 0 bridgehead atoms. The van der Waals surface area contributed by atoms with E-state index in [4.69, 9.17) is 36.5 Å². The van der Waals surface area contributed by atoms with Gasteiger partial charge in [-0.2, -0.15) is 0 Å². The van der Waals surface area contributed by atoms with Crippen molar-refractivity contribution in [1.29, 1.82) is 0 Å². The van der Waals surface area contributed by atoms with Crippen LogP contribution in [-0.4, -0.2) is 177 Å². The Morgan fingerprint density at radius 1 is 1.07 bits per heavy atom. The van der Waals surface area contributed by atoms with E-state index in [2.05, 4.69) is 16.0 Å². The average Bonchev–Trinajstić information content (AvgIpc) is 3.59. The van der Waals surface area contributed by atoms with E-state index in [0.717, 1.165) is 0 Å². The van der Waals surface area contributed by atoms with Crippen LogP contribution in [0.4, 0.5) is 0 Å². The summed E-state index contributed by atoms with van der Waals surface area (Å²) in [5, 5.41) is 93.7. The molecule has 44 heavy (non-hydrogen) atoms. The maximum absolute atomic E-state index is 12.9. The minimum atomic E-state index is -1.81. The van der Waals surface area contributed by atoms with Crippen LogP contribution in [0.5, 0.6) is 0 Å². The lowest BCUT2D eigenvalue weighted by Gasteiger charge is -2.52. The number of carbonyl (C=O) groups excluding carboxylic acids is 1. The molecule has 17 N–H and O–H groups in total. The predicted octanol–water partition coefficient (Wildman–Crippen LogP) is -8.16. The second kappa shape index (κ2) is 13.9. The molecule has 2 heterocycles. The number of ether oxygens (including phenoxy) is 3. The molecule has 17 atom stereocenters. The predicted molar refractivity (Wildman–Crippen MR) is 150 cm³/mol. The largest absolute Gasteiger partial charge is 0.395 e. The number of likely N-dealkylation sites (N-methyl/N-ethyl adjacent to an activating group) is 1. The van der Waals surface area contributed by atoms with Crippen molar-refractivity contribution in [2.75, 3.05) is 33.4 Å². The number of nitrogens with one attached hydrogen (secondary N) is 3. The zero-order valence-corrected chi connectivity index (χ0v) is 24.8. The fourth-order valence-electron chi connectivity index (χ4n) is 6.54. The zero-order valence-electron chi connectivity index (χ0n) is 24.8. The third-order valence-electron chi connectivity index (χ3n) is 9.39. The molecule has 4 rings (SSSR count). The maximum Gasteiger partial charge on any atom is 0.253 e. The molecule has 4 unspecified atom stereocenters. The molecule has 2 saturated heterocycles. The van der Waals surface area contributed by atoms with E-state index in [1.54, 1.807) is 0 Å². The molecule has 0 aromatic rings. The van der Waals surface area contributed by atoms with E-state index >= 15 is 0 Å². The lowest BCUT2D eigenvalue weighted by Crippen LogP contribution is -2.71. The molecule has 0 spiro atoms. The fourth-order valence-corrected chi connectivity index (χ4v) is 6.54. The number of hydrogen-bond donors (Lipinski definition) is 14. The van der Waals surface area contributed by atoms with E-state index in [9.17, 15) is 40.5 Å². The second-order valence-electron chi connectivity index (χ2n) is 12.9. The van der Waals surface area contributed by atoms with Crippen LogP contribution in [0.2, 0.25) is 0 Å². The third-order valence-corrected chi connectivity index (χ3v) is 9.39. The highest BCUT2D eigenvalue weighted by Crippen LogP contribution is 2.39. The molecule has 2 saturated carbocycles. The van der Waals surface area contributed by atoms with Crippen molar-refractivity contribution in [1.82, 2.24) is 16.0 Å². The van der Waals surface area contributed by atoms with Gasteiger partial charge in [-0.15, -0.1) is 0 Å². The van der Waals surface area contributed by atoms with Crippen LogP contribution in [0.15, 0.2) is 0 Å². The van der Waals surface area contributed by atoms with Crippen LogP contribution in [0.3, 0.4) is 0 Å². The van der Waals surface area contributed by atoms with Gasteiger partial charge in [0.15, 0.2) is 11.9 Å². The molecule has 1 amide bonds. The molecule has 18 nitrogen and oxygen atoms in total. The van der Waals surface area contributed by atoms with Crippen LogP contribution in [0.25, 0.3) is 0 Å². The first-order valence-electron chi connectivity index (χ1n) is 14.9. The molecule has 256 valence electrons. The Labute approximate surface area is 254 Å². The summed E-state index contributed by atoms with van der Waals surface area (Å²) < 4.78 is 17.7. The van der Waals surface area contributed by atoms with Gasteiger partial charge < -0.3 is 88.2 Å². The normalized spacial score (nSPS) is 50.2. The molecule has 0 aromatic carbocycles. The van der Waals surface area contributed by atoms with E-state index in [0.29, 0.717) is 0 Å². The highest BCUT2D eigenvalue weighted by atomic mass is 16.7. The zero-order chi connectivity index (χ0) is 32.7. The Morgan fingerprint density at radius 2 is 1.73 bits per heavy atom. The number of hydrogen-bond acceptors (Lipinski definition) is 17. The Balaban J connectivity index is 1.58. The lowest BCUT2D eigenvalue weighted by atomic mass is 9.72. The summed E-state index contributed by atoms with van der Waals surface area (Å²) in [7, 11) is 1.53. The summed E-state index contributed by atoms with van der Waals surface area (Å²) in [4.78, 5) is 12.9. The van der Waals surface area contributed by atoms with Crippen molar-refractivity contribution >= 4 is 5.91 Å². The standard InChI is InChI=1S/C26H50N6O12/c1-25(40)8-42-23(19(38)22(25)30-2)44-20-11(32-24(39)26(41)4-13(26)29)3-10(28)14(16(20)35)21-18(37)17(36)15(34)12(43-21)6-31-5-9(27)7-33/h9-23,30-31,33-38,40-41H,3-8,27-29H2,1-2H3,(H,32,39)/t9?,10-,11+,12+,13?,14?,15+,16-,17-,18+,19+,20-,21+,22+,23+,25-,26?/m0/s1. The van der Waals surface area contributed by atoms with Crippen LogP contribution in [0, 0.1) is 5.92 Å². The highest BCUT2D eigenvalue weighted by Gasteiger charge is 2.60. The van der Waals surface area contributed by atoms with E-state index < -0.39 is 108 Å². The molecule has 0 radical (unpaired) electrons. The quantitative estimate of drug-likeness (QED) is 0.0998. The van der Waals surface area contributed by atoms with E-state index in [1.807, 2.05) is 0 Å². The lowest BCUT2D eigenvalue weighted by molar-refractivity contribution is -0.303. The van der Waals surface area contributed by atoms with Gasteiger partial charge in [0, 0.05) is 43.6 Å². The van der Waals surface area contributed by atoms with Crippen molar-refractivity contribution in [3.63, 3.8) is 0 Å². The van der Waals surface area contributed by atoms with Crippen molar-refractivity contribution < 1.29 is 59.9 Å². The third kappa shape index (κ3) is 7.05. The number of carbonyl (C=O) groups is 1. The molecule has 2 aliphatic heterocycles. The van der Waals surface area contributed by atoms with Gasteiger partial charge in [0.25, 0.3) is 5.91 Å². The first kappa shape index (κ1) is 35.7. The van der Waals surface area contributed by atoms with Crippen molar-refractivity contribution in [2.45, 2.75) is 116 Å². The monoisotopic (exact) mass is 638 g/mol. The van der Waals surface area contributed by atoms with Gasteiger partial charge in [-0.1, -0.05) is 0 Å². The minimum absolute atomic E-state index is 0.0264. The summed E-state index contributed by atoms with van der Waals surface area (Å²) >= 11 is 0. The Kier molecular flexibility index (Phi) is 11.3. The number of rotatable bonds is 11. The van der Waals surface area contributed by atoms with Crippen LogP contribution in [-0.2, 0) is 19.0 Å². The second-order valence-corrected chi connectivity index (χ2v) is 12.9. The van der Waals surface area contributed by atoms with Gasteiger partial charge >= 0.3 is 0 Å². The van der Waals surface area contributed by atoms with Crippen LogP contribution < -0.4 is 33.2 Å². The number of amides is 1. The van der Waals surface area contributed by atoms with Crippen LogP contribution >= 0.6 is 0 Å².